The SMILES string of the molecule is O=C(Nc1ccc2cn[nH]c2c1)Nc1ccccc1C(F)(F)F. The molecule has 118 valence electrons. The molecule has 3 aromatic rings. The van der Waals surface area contributed by atoms with Gasteiger partial charge in [-0.05, 0) is 30.3 Å². The van der Waals surface area contributed by atoms with Crippen molar-refractivity contribution in [2.45, 2.75) is 6.18 Å². The molecule has 0 atom stereocenters. The van der Waals surface area contributed by atoms with E-state index in [0.717, 1.165) is 11.5 Å². The average molecular weight is 320 g/mol. The van der Waals surface area contributed by atoms with E-state index in [2.05, 4.69) is 20.8 Å². The molecule has 2 amide bonds. The molecule has 1 heterocycles. The number of alkyl halides is 3. The fourth-order valence-electron chi connectivity index (χ4n) is 2.14. The number of H-pyrrole nitrogens is 1. The van der Waals surface area contributed by atoms with Crippen LogP contribution in [-0.2, 0) is 6.18 Å². The quantitative estimate of drug-likeness (QED) is 0.661. The Labute approximate surface area is 128 Å². The molecule has 0 spiro atoms. The van der Waals surface area contributed by atoms with Gasteiger partial charge in [-0.25, -0.2) is 4.79 Å². The van der Waals surface area contributed by atoms with Crippen LogP contribution in [0.5, 0.6) is 0 Å². The highest BCUT2D eigenvalue weighted by Gasteiger charge is 2.33. The van der Waals surface area contributed by atoms with E-state index >= 15 is 0 Å². The first-order valence-corrected chi connectivity index (χ1v) is 6.61. The number of nitrogens with one attached hydrogen (secondary N) is 3. The number of amides is 2. The van der Waals surface area contributed by atoms with Gasteiger partial charge in [0.1, 0.15) is 0 Å². The summed E-state index contributed by atoms with van der Waals surface area (Å²) >= 11 is 0. The van der Waals surface area contributed by atoms with Gasteiger partial charge in [-0.3, -0.25) is 5.10 Å². The summed E-state index contributed by atoms with van der Waals surface area (Å²) in [4.78, 5) is 11.9. The zero-order valence-corrected chi connectivity index (χ0v) is 11.6. The molecule has 5 nitrogen and oxygen atoms in total. The molecule has 0 saturated heterocycles. The highest BCUT2D eigenvalue weighted by Crippen LogP contribution is 2.34. The van der Waals surface area contributed by atoms with Gasteiger partial charge in [-0.15, -0.1) is 0 Å². The van der Waals surface area contributed by atoms with Gasteiger partial charge in [0.05, 0.1) is 23.0 Å². The lowest BCUT2D eigenvalue weighted by Gasteiger charge is -2.14. The largest absolute Gasteiger partial charge is 0.418 e. The number of fused-ring (bicyclic) bond motifs is 1. The van der Waals surface area contributed by atoms with Crippen molar-refractivity contribution >= 4 is 28.3 Å². The third-order valence-electron chi connectivity index (χ3n) is 3.18. The Bertz CT molecular complexity index is 857. The predicted molar refractivity (Wildman–Crippen MR) is 80.2 cm³/mol. The van der Waals surface area contributed by atoms with Crippen LogP contribution in [0.1, 0.15) is 5.56 Å². The van der Waals surface area contributed by atoms with Crippen LogP contribution >= 0.6 is 0 Å². The van der Waals surface area contributed by atoms with Crippen LogP contribution in [0.4, 0.5) is 29.3 Å². The van der Waals surface area contributed by atoms with Crippen molar-refractivity contribution in [3.05, 3.63) is 54.2 Å². The average Bonchev–Trinajstić information content (AvgIpc) is 2.94. The maximum Gasteiger partial charge on any atom is 0.418 e. The number of aromatic nitrogens is 2. The van der Waals surface area contributed by atoms with Gasteiger partial charge in [-0.1, -0.05) is 12.1 Å². The van der Waals surface area contributed by atoms with Crippen LogP contribution in [0.2, 0.25) is 0 Å². The molecule has 2 aromatic carbocycles. The minimum Gasteiger partial charge on any atom is -0.308 e. The molecule has 0 unspecified atom stereocenters. The summed E-state index contributed by atoms with van der Waals surface area (Å²) in [6, 6.07) is 9.02. The van der Waals surface area contributed by atoms with E-state index in [1.807, 2.05) is 0 Å². The van der Waals surface area contributed by atoms with Crippen LogP contribution in [0.3, 0.4) is 0 Å². The van der Waals surface area contributed by atoms with Gasteiger partial charge < -0.3 is 10.6 Å². The second-order valence-corrected chi connectivity index (χ2v) is 4.79. The summed E-state index contributed by atoms with van der Waals surface area (Å²) in [5, 5.41) is 12.1. The van der Waals surface area contributed by atoms with Gasteiger partial charge in [0, 0.05) is 11.1 Å². The third kappa shape index (κ3) is 3.25. The molecule has 3 N–H and O–H groups in total. The number of urea groups is 1. The Morgan fingerprint density at radius 3 is 2.65 bits per heavy atom. The molecule has 3 rings (SSSR count). The molecule has 0 aliphatic carbocycles. The molecule has 0 saturated carbocycles. The number of carbonyl (C=O) groups is 1. The normalized spacial score (nSPS) is 11.4. The van der Waals surface area contributed by atoms with E-state index in [4.69, 9.17) is 0 Å². The molecule has 0 bridgehead atoms. The Balaban J connectivity index is 1.77. The lowest BCUT2D eigenvalue weighted by atomic mass is 10.1. The monoisotopic (exact) mass is 320 g/mol. The maximum atomic E-state index is 12.9. The molecule has 0 fully saturated rings. The van der Waals surface area contributed by atoms with Crippen molar-refractivity contribution in [3.8, 4) is 0 Å². The number of rotatable bonds is 2. The fraction of sp³-hybridized carbons (Fsp3) is 0.0667. The Hall–Kier alpha value is -3.03. The van der Waals surface area contributed by atoms with E-state index < -0.39 is 17.8 Å². The number of anilines is 2. The number of hydrogen-bond donors (Lipinski definition) is 3. The minimum absolute atomic E-state index is 0.305. The van der Waals surface area contributed by atoms with Crippen LogP contribution in [-0.4, -0.2) is 16.2 Å². The van der Waals surface area contributed by atoms with Crippen LogP contribution in [0.25, 0.3) is 10.9 Å². The number of para-hydroxylation sites is 1. The molecule has 0 aliphatic rings. The zero-order valence-electron chi connectivity index (χ0n) is 11.6. The summed E-state index contributed by atoms with van der Waals surface area (Å²) in [6.07, 6.45) is -2.92. The van der Waals surface area contributed by atoms with Gasteiger partial charge in [-0.2, -0.15) is 18.3 Å². The molecule has 0 aliphatic heterocycles. The first-order valence-electron chi connectivity index (χ1n) is 6.61. The van der Waals surface area contributed by atoms with Crippen molar-refractivity contribution in [1.29, 1.82) is 0 Å². The summed E-state index contributed by atoms with van der Waals surface area (Å²) in [5.74, 6) is 0. The third-order valence-corrected chi connectivity index (χ3v) is 3.18. The van der Waals surface area contributed by atoms with Gasteiger partial charge >= 0.3 is 12.2 Å². The maximum absolute atomic E-state index is 12.9. The van der Waals surface area contributed by atoms with Crippen molar-refractivity contribution in [1.82, 2.24) is 10.2 Å². The van der Waals surface area contributed by atoms with E-state index in [0.29, 0.717) is 11.2 Å². The van der Waals surface area contributed by atoms with E-state index in [1.165, 1.54) is 18.2 Å². The summed E-state index contributed by atoms with van der Waals surface area (Å²) in [6.45, 7) is 0. The standard InChI is InChI=1S/C15H11F3N4O/c16-15(17,18)11-3-1-2-4-12(11)21-14(23)20-10-6-5-9-8-19-22-13(9)7-10/h1-8H,(H,19,22)(H2,20,21,23). The van der Waals surface area contributed by atoms with E-state index in [-0.39, 0.29) is 5.69 Å². The Morgan fingerprint density at radius 1 is 1.09 bits per heavy atom. The number of hydrogen-bond acceptors (Lipinski definition) is 2. The lowest BCUT2D eigenvalue weighted by molar-refractivity contribution is -0.136. The number of carbonyl (C=O) groups excluding carboxylic acids is 1. The predicted octanol–water partition coefficient (Wildman–Crippen LogP) is 4.23. The van der Waals surface area contributed by atoms with Crippen molar-refractivity contribution < 1.29 is 18.0 Å². The Morgan fingerprint density at radius 2 is 1.87 bits per heavy atom. The lowest BCUT2D eigenvalue weighted by Crippen LogP contribution is -2.21. The smallest absolute Gasteiger partial charge is 0.308 e. The first kappa shape index (κ1) is 14.9. The summed E-state index contributed by atoms with van der Waals surface area (Å²) in [5.41, 5.74) is -0.0680. The molecular weight excluding hydrogens is 309 g/mol. The van der Waals surface area contributed by atoms with Gasteiger partial charge in [0.15, 0.2) is 0 Å². The topological polar surface area (TPSA) is 69.8 Å². The summed E-state index contributed by atoms with van der Waals surface area (Å²) < 4.78 is 38.6. The number of nitrogens with zero attached hydrogens (tertiary/aromatic N) is 1. The Kier molecular flexibility index (Phi) is 3.65. The highest BCUT2D eigenvalue weighted by molar-refractivity contribution is 6.01. The second kappa shape index (κ2) is 5.64. The first-order chi connectivity index (χ1) is 10.9. The molecular formula is C15H11F3N4O. The molecule has 23 heavy (non-hydrogen) atoms. The zero-order chi connectivity index (χ0) is 16.4. The minimum atomic E-state index is -4.54. The number of benzene rings is 2. The van der Waals surface area contributed by atoms with Crippen LogP contribution in [0.15, 0.2) is 48.7 Å². The molecule has 8 heteroatoms. The highest BCUT2D eigenvalue weighted by atomic mass is 19.4. The van der Waals surface area contributed by atoms with Crippen LogP contribution in [0, 0.1) is 0 Å². The van der Waals surface area contributed by atoms with E-state index in [9.17, 15) is 18.0 Å². The fourth-order valence-corrected chi connectivity index (χ4v) is 2.14. The van der Waals surface area contributed by atoms with Crippen molar-refractivity contribution in [2.24, 2.45) is 0 Å². The number of aromatic amines is 1. The van der Waals surface area contributed by atoms with E-state index in [1.54, 1.807) is 24.4 Å². The summed E-state index contributed by atoms with van der Waals surface area (Å²) in [7, 11) is 0. The molecule has 0 radical (unpaired) electrons. The van der Waals surface area contributed by atoms with Crippen LogP contribution < -0.4 is 10.6 Å². The van der Waals surface area contributed by atoms with Crippen molar-refractivity contribution in [2.75, 3.05) is 10.6 Å². The van der Waals surface area contributed by atoms with Gasteiger partial charge in [0.25, 0.3) is 0 Å². The number of halogens is 3. The second-order valence-electron chi connectivity index (χ2n) is 4.79. The van der Waals surface area contributed by atoms with Crippen molar-refractivity contribution in [3.63, 3.8) is 0 Å². The molecule has 1 aromatic heterocycles. The van der Waals surface area contributed by atoms with Gasteiger partial charge in [0.2, 0.25) is 0 Å².